The van der Waals surface area contributed by atoms with Crippen LogP contribution in [-0.2, 0) is 17.1 Å². The van der Waals surface area contributed by atoms with Crippen LogP contribution in [0.3, 0.4) is 0 Å². The Kier molecular flexibility index (Phi) is 14.3. The van der Waals surface area contributed by atoms with Crippen LogP contribution in [0.1, 0.15) is 32.6 Å². The van der Waals surface area contributed by atoms with Crippen LogP contribution in [0.5, 0.6) is 0 Å². The van der Waals surface area contributed by atoms with Crippen LogP contribution in [0.4, 0.5) is 0 Å². The van der Waals surface area contributed by atoms with Crippen LogP contribution >= 0.6 is 0 Å². The summed E-state index contributed by atoms with van der Waals surface area (Å²) in [5.41, 5.74) is 0. The van der Waals surface area contributed by atoms with E-state index in [1.807, 2.05) is 0 Å². The fourth-order valence-corrected chi connectivity index (χ4v) is 0.512. The molecular formula is C7H13Cu. The van der Waals surface area contributed by atoms with Gasteiger partial charge in [-0.25, -0.2) is 0 Å². The quantitative estimate of drug-likeness (QED) is 0.337. The van der Waals surface area contributed by atoms with Crippen molar-refractivity contribution in [3.05, 3.63) is 12.7 Å². The van der Waals surface area contributed by atoms with E-state index in [1.165, 1.54) is 19.3 Å². The van der Waals surface area contributed by atoms with Crippen LogP contribution in [-0.4, -0.2) is 0 Å². The van der Waals surface area contributed by atoms with Gasteiger partial charge in [0, 0.05) is 0 Å². The Morgan fingerprint density at radius 3 is 2.38 bits per heavy atom. The Morgan fingerprint density at radius 1 is 1.38 bits per heavy atom. The van der Waals surface area contributed by atoms with Crippen molar-refractivity contribution in [3.8, 4) is 0 Å². The summed E-state index contributed by atoms with van der Waals surface area (Å²) in [5, 5.41) is 0. The summed E-state index contributed by atoms with van der Waals surface area (Å²) in [7, 11) is 0. The van der Waals surface area contributed by atoms with Gasteiger partial charge in [-0.2, -0.15) is 0 Å². The maximum absolute atomic E-state index is 5.14. The molecule has 0 heterocycles. The molecule has 0 radical (unpaired) electrons. The summed E-state index contributed by atoms with van der Waals surface area (Å²) >= 11 is 0. The van der Waals surface area contributed by atoms with E-state index in [9.17, 15) is 0 Å². The van der Waals surface area contributed by atoms with Crippen molar-refractivity contribution in [2.45, 2.75) is 32.6 Å². The SMILES string of the molecule is [CH-]=CCCCCC.[Cu+]. The summed E-state index contributed by atoms with van der Waals surface area (Å²) in [4.78, 5) is 0. The molecule has 0 N–H and O–H groups in total. The Hall–Kier alpha value is 0.259. The number of unbranched alkanes of at least 4 members (excludes halogenated alkanes) is 3. The van der Waals surface area contributed by atoms with Crippen LogP contribution in [0, 0.1) is 6.58 Å². The van der Waals surface area contributed by atoms with E-state index >= 15 is 0 Å². The zero-order valence-corrected chi connectivity index (χ0v) is 6.23. The van der Waals surface area contributed by atoms with Gasteiger partial charge in [-0.3, -0.25) is 6.08 Å². The van der Waals surface area contributed by atoms with Gasteiger partial charge in [-0.1, -0.05) is 32.6 Å². The zero-order chi connectivity index (χ0) is 5.54. The Balaban J connectivity index is 0. The summed E-state index contributed by atoms with van der Waals surface area (Å²) in [6.07, 6.45) is 6.66. The molecule has 0 bridgehead atoms. The summed E-state index contributed by atoms with van der Waals surface area (Å²) in [5.74, 6) is 0. The van der Waals surface area contributed by atoms with Crippen LogP contribution in [0.2, 0.25) is 0 Å². The minimum Gasteiger partial charge on any atom is -0.518 e. The molecule has 0 amide bonds. The molecule has 52 valence electrons. The van der Waals surface area contributed by atoms with E-state index in [2.05, 4.69) is 6.92 Å². The molecule has 0 saturated heterocycles. The largest absolute Gasteiger partial charge is 1.00 e. The van der Waals surface area contributed by atoms with Gasteiger partial charge in [0.1, 0.15) is 0 Å². The fourth-order valence-electron chi connectivity index (χ4n) is 0.512. The van der Waals surface area contributed by atoms with E-state index in [1.54, 1.807) is 6.08 Å². The van der Waals surface area contributed by atoms with Gasteiger partial charge in [0.05, 0.1) is 0 Å². The molecular weight excluding hydrogens is 148 g/mol. The average Bonchev–Trinajstić information content (AvgIpc) is 1.69. The van der Waals surface area contributed by atoms with Crippen LogP contribution in [0.15, 0.2) is 6.08 Å². The molecule has 0 aliphatic rings. The van der Waals surface area contributed by atoms with E-state index < -0.39 is 0 Å². The molecule has 1 heteroatoms. The molecule has 0 aliphatic carbocycles. The molecule has 8 heavy (non-hydrogen) atoms. The molecule has 0 spiro atoms. The molecule has 0 saturated carbocycles. The minimum absolute atomic E-state index is 0. The molecule has 0 aromatic carbocycles. The normalized spacial score (nSPS) is 7.62. The topological polar surface area (TPSA) is 0 Å². The van der Waals surface area contributed by atoms with Gasteiger partial charge < -0.3 is 6.58 Å². The summed E-state index contributed by atoms with van der Waals surface area (Å²) < 4.78 is 0. The molecule has 0 rings (SSSR count). The van der Waals surface area contributed by atoms with Gasteiger partial charge in [-0.15, -0.1) is 0 Å². The van der Waals surface area contributed by atoms with E-state index in [0.29, 0.717) is 0 Å². The second-order valence-electron chi connectivity index (χ2n) is 1.73. The Labute approximate surface area is 62.8 Å². The van der Waals surface area contributed by atoms with Crippen molar-refractivity contribution in [2.75, 3.05) is 0 Å². The summed E-state index contributed by atoms with van der Waals surface area (Å²) in [6, 6.07) is 0. The first-order chi connectivity index (χ1) is 3.41. The van der Waals surface area contributed by atoms with Crippen molar-refractivity contribution in [2.24, 2.45) is 0 Å². The van der Waals surface area contributed by atoms with Crippen LogP contribution in [0.25, 0.3) is 0 Å². The molecule has 0 atom stereocenters. The van der Waals surface area contributed by atoms with Gasteiger partial charge in [0.25, 0.3) is 0 Å². The third-order valence-electron chi connectivity index (χ3n) is 0.974. The predicted octanol–water partition coefficient (Wildman–Crippen LogP) is 2.55. The smallest absolute Gasteiger partial charge is 0.518 e. The number of hydrogen-bond acceptors (Lipinski definition) is 0. The van der Waals surface area contributed by atoms with E-state index in [-0.39, 0.29) is 17.1 Å². The van der Waals surface area contributed by atoms with Gasteiger partial charge >= 0.3 is 17.1 Å². The molecule has 0 aromatic heterocycles. The number of hydrogen-bond donors (Lipinski definition) is 0. The van der Waals surface area contributed by atoms with Crippen molar-refractivity contribution in [1.82, 2.24) is 0 Å². The second kappa shape index (κ2) is 10.3. The fraction of sp³-hybridized carbons (Fsp3) is 0.714. The van der Waals surface area contributed by atoms with Crippen LogP contribution < -0.4 is 0 Å². The maximum Gasteiger partial charge on any atom is 1.00 e. The molecule has 0 aliphatic heterocycles. The number of allylic oxidation sites excluding steroid dienone is 1. The second-order valence-corrected chi connectivity index (χ2v) is 1.73. The zero-order valence-electron chi connectivity index (χ0n) is 5.28. The Bertz CT molecular complexity index is 41.7. The monoisotopic (exact) mass is 160 g/mol. The molecule has 0 fully saturated rings. The molecule has 0 unspecified atom stereocenters. The first kappa shape index (κ1) is 11.1. The van der Waals surface area contributed by atoms with Crippen molar-refractivity contribution < 1.29 is 17.1 Å². The summed E-state index contributed by atoms with van der Waals surface area (Å²) in [6.45, 7) is 7.34. The van der Waals surface area contributed by atoms with Gasteiger partial charge in [0.15, 0.2) is 0 Å². The Morgan fingerprint density at radius 2 is 2.00 bits per heavy atom. The maximum atomic E-state index is 5.14. The first-order valence-electron chi connectivity index (χ1n) is 2.95. The first-order valence-corrected chi connectivity index (χ1v) is 2.95. The standard InChI is InChI=1S/C7H13.Cu/c1-3-5-7-6-4-2;/h1,3H,4-7H2,2H3;/q-1;+1. The van der Waals surface area contributed by atoms with Gasteiger partial charge in [0.2, 0.25) is 0 Å². The van der Waals surface area contributed by atoms with Crippen molar-refractivity contribution >= 4 is 0 Å². The molecule has 0 aromatic rings. The van der Waals surface area contributed by atoms with E-state index in [0.717, 1.165) is 6.42 Å². The minimum atomic E-state index is 0. The van der Waals surface area contributed by atoms with Crippen molar-refractivity contribution in [3.63, 3.8) is 0 Å². The van der Waals surface area contributed by atoms with E-state index in [4.69, 9.17) is 6.58 Å². The number of rotatable bonds is 4. The molecule has 0 nitrogen and oxygen atoms in total. The average molecular weight is 161 g/mol. The third kappa shape index (κ3) is 9.54. The van der Waals surface area contributed by atoms with Gasteiger partial charge in [-0.05, 0) is 0 Å². The third-order valence-corrected chi connectivity index (χ3v) is 0.974. The predicted molar refractivity (Wildman–Crippen MR) is 33.0 cm³/mol. The van der Waals surface area contributed by atoms with Crippen molar-refractivity contribution in [1.29, 1.82) is 0 Å².